The minimum absolute atomic E-state index is 0.0838. The van der Waals surface area contributed by atoms with Crippen LogP contribution in [0, 0.1) is 17.3 Å². The van der Waals surface area contributed by atoms with Crippen LogP contribution in [0.2, 0.25) is 0 Å². The van der Waals surface area contributed by atoms with Gasteiger partial charge in [-0.25, -0.2) is 4.79 Å². The molecule has 4 heteroatoms. The molecule has 4 rings (SSSR count). The van der Waals surface area contributed by atoms with E-state index < -0.39 is 11.6 Å². The molecule has 18 heavy (non-hydrogen) atoms. The number of hydrogen-bond acceptors (Lipinski definition) is 3. The van der Waals surface area contributed by atoms with Crippen molar-refractivity contribution in [2.24, 2.45) is 17.3 Å². The molecule has 4 fully saturated rings. The van der Waals surface area contributed by atoms with Gasteiger partial charge >= 0.3 is 5.97 Å². The molecule has 4 bridgehead atoms. The number of carboxylic acid groups (broad SMARTS) is 1. The van der Waals surface area contributed by atoms with E-state index in [1.165, 1.54) is 6.42 Å². The largest absolute Gasteiger partial charge is 0.515 e. The lowest BCUT2D eigenvalue weighted by Gasteiger charge is -2.60. The van der Waals surface area contributed by atoms with Crippen LogP contribution in [0.3, 0.4) is 0 Å². The second-order valence-electron chi connectivity index (χ2n) is 6.82. The van der Waals surface area contributed by atoms with E-state index in [0.717, 1.165) is 31.9 Å². The monoisotopic (exact) mass is 252 g/mol. The molecule has 0 aromatic heterocycles. The van der Waals surface area contributed by atoms with Gasteiger partial charge in [0, 0.05) is 0 Å². The molecule has 2 unspecified atom stereocenters. The van der Waals surface area contributed by atoms with Crippen LogP contribution >= 0.6 is 0 Å². The van der Waals surface area contributed by atoms with Crippen molar-refractivity contribution in [3.8, 4) is 0 Å². The van der Waals surface area contributed by atoms with E-state index in [9.17, 15) is 9.90 Å². The Morgan fingerprint density at radius 3 is 2.28 bits per heavy atom. The average Bonchev–Trinajstić information content (AvgIpc) is 2.21. The maximum absolute atomic E-state index is 11.0. The Morgan fingerprint density at radius 1 is 1.22 bits per heavy atom. The molecule has 4 saturated carbocycles. The van der Waals surface area contributed by atoms with Gasteiger partial charge in [-0.15, -0.1) is 0 Å². The Balaban J connectivity index is 1.85. The van der Waals surface area contributed by atoms with Crippen molar-refractivity contribution in [3.05, 3.63) is 11.8 Å². The minimum atomic E-state index is -1.04. The van der Waals surface area contributed by atoms with Crippen molar-refractivity contribution in [1.82, 2.24) is 0 Å². The fourth-order valence-electron chi connectivity index (χ4n) is 5.19. The molecule has 0 aliphatic heterocycles. The van der Waals surface area contributed by atoms with Crippen molar-refractivity contribution in [2.45, 2.75) is 50.5 Å². The number of aliphatic hydroxyl groups is 2. The van der Waals surface area contributed by atoms with Gasteiger partial charge in [0.15, 0.2) is 0 Å². The summed E-state index contributed by atoms with van der Waals surface area (Å²) >= 11 is 0. The predicted octanol–water partition coefficient (Wildman–Crippen LogP) is 2.23. The van der Waals surface area contributed by atoms with Gasteiger partial charge in [-0.1, -0.05) is 0 Å². The molecule has 100 valence electrons. The van der Waals surface area contributed by atoms with Crippen molar-refractivity contribution < 1.29 is 20.1 Å². The van der Waals surface area contributed by atoms with Crippen molar-refractivity contribution >= 4 is 5.97 Å². The highest BCUT2D eigenvalue weighted by Gasteiger charge is 2.57. The minimum Gasteiger partial charge on any atom is -0.515 e. The number of carbonyl (C=O) groups is 1. The fraction of sp³-hybridized carbons (Fsp3) is 0.786. The lowest BCUT2D eigenvalue weighted by Crippen LogP contribution is -2.55. The summed E-state index contributed by atoms with van der Waals surface area (Å²) in [5, 5.41) is 28.7. The molecule has 0 heterocycles. The molecule has 0 amide bonds. The van der Waals surface area contributed by atoms with Crippen LogP contribution in [0.1, 0.15) is 44.9 Å². The van der Waals surface area contributed by atoms with Crippen molar-refractivity contribution in [2.75, 3.05) is 0 Å². The molecular formula is C14H20O4. The van der Waals surface area contributed by atoms with Gasteiger partial charge in [0.25, 0.3) is 0 Å². The summed E-state index contributed by atoms with van der Waals surface area (Å²) in [7, 11) is 0. The lowest BCUT2D eigenvalue weighted by molar-refractivity contribution is -0.164. The second-order valence-corrected chi connectivity index (χ2v) is 6.82. The Morgan fingerprint density at radius 2 is 1.83 bits per heavy atom. The number of hydrogen-bond donors (Lipinski definition) is 3. The molecule has 0 aromatic rings. The summed E-state index contributed by atoms with van der Waals surface area (Å²) in [5.74, 6) is 0.0511. The van der Waals surface area contributed by atoms with Crippen LogP contribution in [0.25, 0.3) is 0 Å². The summed E-state index contributed by atoms with van der Waals surface area (Å²) in [5.41, 5.74) is -0.574. The van der Waals surface area contributed by atoms with Gasteiger partial charge in [-0.2, -0.15) is 0 Å². The normalized spacial score (nSPS) is 46.4. The second kappa shape index (κ2) is 3.73. The van der Waals surface area contributed by atoms with Crippen LogP contribution in [-0.2, 0) is 4.79 Å². The maximum atomic E-state index is 11.0. The van der Waals surface area contributed by atoms with E-state index >= 15 is 0 Å². The van der Waals surface area contributed by atoms with Crippen LogP contribution in [0.4, 0.5) is 0 Å². The SMILES string of the molecule is O=C(O)C(=CO)CC12CC3CC(CC(O)(C3)C1)C2. The molecule has 0 spiro atoms. The summed E-state index contributed by atoms with van der Waals surface area (Å²) in [6.45, 7) is 0. The first-order valence-corrected chi connectivity index (χ1v) is 6.73. The van der Waals surface area contributed by atoms with Crippen LogP contribution < -0.4 is 0 Å². The first-order valence-electron chi connectivity index (χ1n) is 6.73. The third-order valence-electron chi connectivity index (χ3n) is 5.15. The molecule has 3 N–H and O–H groups in total. The zero-order chi connectivity index (χ0) is 13.0. The Kier molecular flexibility index (Phi) is 2.49. The molecular weight excluding hydrogens is 232 g/mol. The van der Waals surface area contributed by atoms with Gasteiger partial charge in [0.2, 0.25) is 0 Å². The third-order valence-corrected chi connectivity index (χ3v) is 5.15. The van der Waals surface area contributed by atoms with E-state index in [4.69, 9.17) is 10.2 Å². The number of carboxylic acids is 1. The number of aliphatic carboxylic acids is 1. The lowest BCUT2D eigenvalue weighted by atomic mass is 9.47. The maximum Gasteiger partial charge on any atom is 0.334 e. The summed E-state index contributed by atoms with van der Waals surface area (Å²) < 4.78 is 0. The Labute approximate surface area is 106 Å². The smallest absolute Gasteiger partial charge is 0.334 e. The molecule has 0 radical (unpaired) electrons. The van der Waals surface area contributed by atoms with Gasteiger partial charge in [0.05, 0.1) is 17.4 Å². The molecule has 0 saturated heterocycles. The quantitative estimate of drug-likeness (QED) is 0.531. The molecule has 4 aliphatic carbocycles. The summed E-state index contributed by atoms with van der Waals surface area (Å²) in [6, 6.07) is 0. The van der Waals surface area contributed by atoms with Crippen LogP contribution in [0.5, 0.6) is 0 Å². The summed E-state index contributed by atoms with van der Waals surface area (Å²) in [4.78, 5) is 11.0. The van der Waals surface area contributed by atoms with Gasteiger partial charge in [0.1, 0.15) is 0 Å². The first kappa shape index (κ1) is 12.0. The highest BCUT2D eigenvalue weighted by atomic mass is 16.4. The Bertz CT molecular complexity index is 398. The first-order chi connectivity index (χ1) is 8.44. The summed E-state index contributed by atoms with van der Waals surface area (Å²) in [6.07, 6.45) is 6.81. The molecule has 4 nitrogen and oxygen atoms in total. The van der Waals surface area contributed by atoms with Crippen LogP contribution in [-0.4, -0.2) is 26.9 Å². The van der Waals surface area contributed by atoms with E-state index in [-0.39, 0.29) is 11.0 Å². The number of rotatable bonds is 3. The third kappa shape index (κ3) is 1.83. The van der Waals surface area contributed by atoms with Gasteiger partial charge in [-0.05, 0) is 62.2 Å². The van der Waals surface area contributed by atoms with Gasteiger partial charge in [-0.3, -0.25) is 0 Å². The van der Waals surface area contributed by atoms with Crippen molar-refractivity contribution in [3.63, 3.8) is 0 Å². The standard InChI is InChI=1S/C14H20O4/c15-7-11(12(16)17)6-13-2-9-1-10(3-13)5-14(18,4-9)8-13/h7,9-10,15,18H,1-6,8H2,(H,16,17). The topological polar surface area (TPSA) is 77.8 Å². The Hall–Kier alpha value is -1.03. The van der Waals surface area contributed by atoms with E-state index in [0.29, 0.717) is 24.7 Å². The zero-order valence-corrected chi connectivity index (χ0v) is 10.4. The highest BCUT2D eigenvalue weighted by Crippen LogP contribution is 2.63. The molecule has 0 aromatic carbocycles. The van der Waals surface area contributed by atoms with Crippen LogP contribution in [0.15, 0.2) is 11.8 Å². The fourth-order valence-corrected chi connectivity index (χ4v) is 5.19. The molecule has 2 atom stereocenters. The zero-order valence-electron chi connectivity index (χ0n) is 10.4. The van der Waals surface area contributed by atoms with Gasteiger partial charge < -0.3 is 15.3 Å². The number of aliphatic hydroxyl groups excluding tert-OH is 1. The van der Waals surface area contributed by atoms with Crippen molar-refractivity contribution in [1.29, 1.82) is 0 Å². The molecule has 4 aliphatic rings. The van der Waals surface area contributed by atoms with E-state index in [1.54, 1.807) is 0 Å². The predicted molar refractivity (Wildman–Crippen MR) is 65.0 cm³/mol. The highest BCUT2D eigenvalue weighted by molar-refractivity contribution is 5.86. The van der Waals surface area contributed by atoms with E-state index in [1.807, 2.05) is 0 Å². The average molecular weight is 252 g/mol. The van der Waals surface area contributed by atoms with E-state index in [2.05, 4.69) is 0 Å².